The molecule has 2 unspecified atom stereocenters. The van der Waals surface area contributed by atoms with Crippen molar-refractivity contribution in [3.8, 4) is 0 Å². The molecule has 18 heavy (non-hydrogen) atoms. The van der Waals surface area contributed by atoms with Crippen molar-refractivity contribution in [2.75, 3.05) is 19.6 Å². The van der Waals surface area contributed by atoms with Crippen LogP contribution in [0.15, 0.2) is 18.2 Å². The van der Waals surface area contributed by atoms with E-state index in [1.165, 1.54) is 12.8 Å². The molecule has 0 aliphatic carbocycles. The Hall–Kier alpha value is -0.930. The average molecular weight is 250 g/mol. The number of hydrogen-bond donors (Lipinski definition) is 1. The summed E-state index contributed by atoms with van der Waals surface area (Å²) in [5.41, 5.74) is 7.74. The summed E-state index contributed by atoms with van der Waals surface area (Å²) < 4.78 is 14.0. The second kappa shape index (κ2) is 5.81. The van der Waals surface area contributed by atoms with Gasteiger partial charge in [-0.25, -0.2) is 4.39 Å². The van der Waals surface area contributed by atoms with Gasteiger partial charge >= 0.3 is 0 Å². The van der Waals surface area contributed by atoms with E-state index >= 15 is 0 Å². The van der Waals surface area contributed by atoms with Gasteiger partial charge in [0.1, 0.15) is 5.82 Å². The Bertz CT molecular complexity index is 405. The number of aryl methyl sites for hydroxylation is 1. The molecule has 1 aromatic rings. The molecule has 0 bridgehead atoms. The van der Waals surface area contributed by atoms with E-state index in [1.54, 1.807) is 6.07 Å². The van der Waals surface area contributed by atoms with Crippen LogP contribution in [-0.4, -0.2) is 24.5 Å². The van der Waals surface area contributed by atoms with Crippen LogP contribution in [0.5, 0.6) is 0 Å². The molecule has 1 aliphatic heterocycles. The van der Waals surface area contributed by atoms with Gasteiger partial charge in [-0.15, -0.1) is 0 Å². The summed E-state index contributed by atoms with van der Waals surface area (Å²) in [5, 5.41) is 0. The molecule has 0 aromatic heterocycles. The molecule has 1 aromatic carbocycles. The van der Waals surface area contributed by atoms with Gasteiger partial charge in [-0.05, 0) is 38.3 Å². The molecule has 2 atom stereocenters. The molecule has 0 radical (unpaired) electrons. The van der Waals surface area contributed by atoms with Crippen LogP contribution in [0.1, 0.15) is 36.9 Å². The van der Waals surface area contributed by atoms with Gasteiger partial charge in [0.2, 0.25) is 0 Å². The highest BCUT2D eigenvalue weighted by molar-refractivity contribution is 5.27. The summed E-state index contributed by atoms with van der Waals surface area (Å²) >= 11 is 0. The molecule has 2 rings (SSSR count). The monoisotopic (exact) mass is 250 g/mol. The highest BCUT2D eigenvalue weighted by Crippen LogP contribution is 2.28. The van der Waals surface area contributed by atoms with Crippen molar-refractivity contribution in [3.05, 3.63) is 35.1 Å². The van der Waals surface area contributed by atoms with E-state index in [0.717, 1.165) is 24.2 Å². The van der Waals surface area contributed by atoms with E-state index < -0.39 is 0 Å². The van der Waals surface area contributed by atoms with Gasteiger partial charge in [-0.2, -0.15) is 0 Å². The normalized spacial score (nSPS) is 23.0. The van der Waals surface area contributed by atoms with Crippen molar-refractivity contribution in [1.29, 1.82) is 0 Å². The van der Waals surface area contributed by atoms with Gasteiger partial charge in [0.05, 0.1) is 0 Å². The molecular formula is C15H23FN2. The van der Waals surface area contributed by atoms with Crippen LogP contribution in [0.4, 0.5) is 4.39 Å². The largest absolute Gasteiger partial charge is 0.329 e. The zero-order valence-corrected chi connectivity index (χ0v) is 11.3. The number of benzene rings is 1. The third kappa shape index (κ3) is 2.90. The maximum Gasteiger partial charge on any atom is 0.128 e. The lowest BCUT2D eigenvalue weighted by Crippen LogP contribution is -2.40. The minimum atomic E-state index is -0.130. The van der Waals surface area contributed by atoms with Gasteiger partial charge < -0.3 is 5.73 Å². The molecule has 0 spiro atoms. The van der Waals surface area contributed by atoms with E-state index in [1.807, 2.05) is 19.1 Å². The van der Waals surface area contributed by atoms with Gasteiger partial charge in [0.25, 0.3) is 0 Å². The first-order valence-corrected chi connectivity index (χ1v) is 6.82. The Morgan fingerprint density at radius 2 is 2.28 bits per heavy atom. The van der Waals surface area contributed by atoms with E-state index in [2.05, 4.69) is 11.8 Å². The number of hydrogen-bond acceptors (Lipinski definition) is 2. The molecule has 1 saturated heterocycles. The van der Waals surface area contributed by atoms with Crippen molar-refractivity contribution < 1.29 is 4.39 Å². The van der Waals surface area contributed by atoms with Crippen molar-refractivity contribution in [3.63, 3.8) is 0 Å². The molecule has 1 fully saturated rings. The van der Waals surface area contributed by atoms with Crippen LogP contribution >= 0.6 is 0 Å². The number of rotatable bonds is 3. The number of likely N-dealkylation sites (tertiary alicyclic amines) is 1. The fourth-order valence-corrected chi connectivity index (χ4v) is 2.90. The highest BCUT2D eigenvalue weighted by Gasteiger charge is 2.26. The Kier molecular flexibility index (Phi) is 4.36. The predicted molar refractivity (Wildman–Crippen MR) is 72.9 cm³/mol. The van der Waals surface area contributed by atoms with Gasteiger partial charge in [0.15, 0.2) is 0 Å². The third-order valence-corrected chi connectivity index (χ3v) is 3.86. The second-order valence-electron chi connectivity index (χ2n) is 5.52. The van der Waals surface area contributed by atoms with Crippen LogP contribution in [-0.2, 0) is 0 Å². The Morgan fingerprint density at radius 1 is 1.50 bits per heavy atom. The number of halogens is 1. The minimum absolute atomic E-state index is 0.0210. The Morgan fingerprint density at radius 3 is 2.94 bits per heavy atom. The summed E-state index contributed by atoms with van der Waals surface area (Å²) in [7, 11) is 0. The number of nitrogens with two attached hydrogens (primary N) is 1. The maximum atomic E-state index is 14.0. The lowest BCUT2D eigenvalue weighted by Gasteiger charge is -2.37. The molecular weight excluding hydrogens is 227 g/mol. The van der Waals surface area contributed by atoms with Crippen molar-refractivity contribution in [1.82, 2.24) is 4.90 Å². The minimum Gasteiger partial charge on any atom is -0.329 e. The first-order valence-electron chi connectivity index (χ1n) is 6.82. The summed E-state index contributed by atoms with van der Waals surface area (Å²) in [4.78, 5) is 2.34. The summed E-state index contributed by atoms with van der Waals surface area (Å²) in [6, 6.07) is 5.32. The number of piperidine rings is 1. The molecule has 2 nitrogen and oxygen atoms in total. The van der Waals surface area contributed by atoms with E-state index in [9.17, 15) is 4.39 Å². The zero-order valence-electron chi connectivity index (χ0n) is 11.3. The van der Waals surface area contributed by atoms with E-state index in [-0.39, 0.29) is 11.9 Å². The summed E-state index contributed by atoms with van der Waals surface area (Å²) in [6.45, 7) is 6.78. The molecule has 1 aliphatic rings. The zero-order chi connectivity index (χ0) is 13.1. The van der Waals surface area contributed by atoms with Crippen molar-refractivity contribution >= 4 is 0 Å². The van der Waals surface area contributed by atoms with Crippen molar-refractivity contribution in [2.24, 2.45) is 11.7 Å². The third-order valence-electron chi connectivity index (χ3n) is 3.86. The smallest absolute Gasteiger partial charge is 0.128 e. The Labute approximate surface area is 109 Å². The first kappa shape index (κ1) is 13.5. The molecule has 1 heterocycles. The van der Waals surface area contributed by atoms with Crippen LogP contribution in [0, 0.1) is 18.7 Å². The lowest BCUT2D eigenvalue weighted by atomic mass is 9.95. The average Bonchev–Trinajstić information content (AvgIpc) is 2.35. The van der Waals surface area contributed by atoms with Gasteiger partial charge in [-0.3, -0.25) is 4.90 Å². The van der Waals surface area contributed by atoms with Gasteiger partial charge in [-0.1, -0.05) is 24.6 Å². The standard InChI is InChI=1S/C15H23FN2/c1-11-5-6-14(16)13(8-11)15(9-17)18-7-3-4-12(2)10-18/h5-6,8,12,15H,3-4,7,9-10,17H2,1-2H3. The van der Waals surface area contributed by atoms with Crippen molar-refractivity contribution in [2.45, 2.75) is 32.7 Å². The van der Waals surface area contributed by atoms with Crippen LogP contribution in [0.3, 0.4) is 0 Å². The highest BCUT2D eigenvalue weighted by atomic mass is 19.1. The summed E-state index contributed by atoms with van der Waals surface area (Å²) in [6.07, 6.45) is 2.45. The fourth-order valence-electron chi connectivity index (χ4n) is 2.90. The predicted octanol–water partition coefficient (Wildman–Crippen LogP) is 2.87. The second-order valence-corrected chi connectivity index (χ2v) is 5.52. The maximum absolute atomic E-state index is 14.0. The fraction of sp³-hybridized carbons (Fsp3) is 0.600. The quantitative estimate of drug-likeness (QED) is 0.893. The molecule has 2 N–H and O–H groups in total. The molecule has 0 saturated carbocycles. The molecule has 0 amide bonds. The van der Waals surface area contributed by atoms with E-state index in [0.29, 0.717) is 12.5 Å². The van der Waals surface area contributed by atoms with Crippen LogP contribution < -0.4 is 5.73 Å². The summed E-state index contributed by atoms with van der Waals surface area (Å²) in [5.74, 6) is 0.551. The first-order chi connectivity index (χ1) is 8.61. The lowest BCUT2D eigenvalue weighted by molar-refractivity contribution is 0.131. The Balaban J connectivity index is 2.24. The van der Waals surface area contributed by atoms with Crippen LogP contribution in [0.25, 0.3) is 0 Å². The molecule has 3 heteroatoms. The van der Waals surface area contributed by atoms with Gasteiger partial charge in [0, 0.05) is 24.7 Å². The topological polar surface area (TPSA) is 29.3 Å². The number of nitrogens with zero attached hydrogens (tertiary/aromatic N) is 1. The SMILES string of the molecule is Cc1ccc(F)c(C(CN)N2CCCC(C)C2)c1. The van der Waals surface area contributed by atoms with E-state index in [4.69, 9.17) is 5.73 Å². The van der Waals surface area contributed by atoms with Crippen LogP contribution in [0.2, 0.25) is 0 Å². The molecule has 100 valence electrons.